The molecular formula is C27H44N10O8S. The number of nitrogens with one attached hydrogen (secondary N) is 7. The van der Waals surface area contributed by atoms with Crippen LogP contribution in [0.15, 0.2) is 24.3 Å². The van der Waals surface area contributed by atoms with E-state index in [2.05, 4.69) is 49.8 Å². The minimum absolute atomic E-state index is 0.0261. The minimum Gasteiger partial charge on any atom is -0.368 e. The Morgan fingerprint density at radius 2 is 1.13 bits per heavy atom. The monoisotopic (exact) mass is 668 g/mol. The summed E-state index contributed by atoms with van der Waals surface area (Å²) in [6.45, 7) is -2.07. The second kappa shape index (κ2) is 22.1. The van der Waals surface area contributed by atoms with Crippen LogP contribution in [0.4, 0.5) is 0 Å². The highest BCUT2D eigenvalue weighted by atomic mass is 32.1. The Morgan fingerprint density at radius 1 is 0.652 bits per heavy atom. The molecule has 0 saturated heterocycles. The highest BCUT2D eigenvalue weighted by molar-refractivity contribution is 7.80. The van der Waals surface area contributed by atoms with Gasteiger partial charge in [0, 0.05) is 5.75 Å². The van der Waals surface area contributed by atoms with E-state index >= 15 is 0 Å². The van der Waals surface area contributed by atoms with Gasteiger partial charge in [-0.3, -0.25) is 38.4 Å². The van der Waals surface area contributed by atoms with E-state index in [9.17, 15) is 38.4 Å². The first-order chi connectivity index (χ1) is 21.9. The fraction of sp³-hybridized carbons (Fsp3) is 0.556. The van der Waals surface area contributed by atoms with Crippen molar-refractivity contribution >= 4 is 59.9 Å². The van der Waals surface area contributed by atoms with Gasteiger partial charge in [-0.15, -0.1) is 0 Å². The number of hydrogen-bond donors (Lipinski definition) is 11. The van der Waals surface area contributed by atoms with Crippen molar-refractivity contribution in [3.63, 3.8) is 0 Å². The molecule has 256 valence electrons. The number of primary amides is 1. The van der Waals surface area contributed by atoms with Crippen molar-refractivity contribution in [2.45, 2.75) is 43.8 Å². The van der Waals surface area contributed by atoms with Crippen LogP contribution in [0, 0.1) is 5.92 Å². The van der Waals surface area contributed by atoms with Crippen molar-refractivity contribution in [2.75, 3.05) is 45.0 Å². The molecule has 0 bridgehead atoms. The van der Waals surface area contributed by atoms with E-state index in [-0.39, 0.29) is 18.1 Å². The van der Waals surface area contributed by atoms with Gasteiger partial charge in [0.25, 0.3) is 0 Å². The van der Waals surface area contributed by atoms with Crippen LogP contribution in [-0.2, 0) is 38.4 Å². The van der Waals surface area contributed by atoms with Crippen molar-refractivity contribution in [3.05, 3.63) is 24.3 Å². The highest BCUT2D eigenvalue weighted by Gasteiger charge is 2.25. The lowest BCUT2D eigenvalue weighted by Gasteiger charge is -2.21. The first kappa shape index (κ1) is 39.5. The molecule has 18 nitrogen and oxygen atoms in total. The first-order valence-electron chi connectivity index (χ1n) is 14.5. The van der Waals surface area contributed by atoms with Crippen molar-refractivity contribution < 1.29 is 38.4 Å². The Morgan fingerprint density at radius 3 is 1.59 bits per heavy atom. The third-order valence-corrected chi connectivity index (χ3v) is 6.70. The van der Waals surface area contributed by atoms with Crippen LogP contribution in [0.3, 0.4) is 0 Å². The summed E-state index contributed by atoms with van der Waals surface area (Å²) in [5.41, 5.74) is 16.6. The Kier molecular flexibility index (Phi) is 19.0. The lowest BCUT2D eigenvalue weighted by molar-refractivity contribution is -0.131. The number of carbonyl (C=O) groups excluding carboxylic acids is 8. The lowest BCUT2D eigenvalue weighted by atomic mass is 10.0. The number of nitrogens with two attached hydrogens (primary N) is 3. The molecule has 0 fully saturated rings. The molecule has 0 aromatic rings. The second-order valence-electron chi connectivity index (χ2n) is 10.2. The van der Waals surface area contributed by atoms with Crippen LogP contribution >= 0.6 is 12.6 Å². The molecular weight excluding hydrogens is 624 g/mol. The zero-order valence-corrected chi connectivity index (χ0v) is 26.2. The number of rotatable bonds is 22. The molecule has 46 heavy (non-hydrogen) atoms. The smallest absolute Gasteiger partial charge is 0.243 e. The second-order valence-corrected chi connectivity index (χ2v) is 10.5. The molecule has 0 spiro atoms. The van der Waals surface area contributed by atoms with E-state index in [1.807, 2.05) is 24.3 Å². The van der Waals surface area contributed by atoms with E-state index in [0.29, 0.717) is 25.8 Å². The number of hydrogen-bond acceptors (Lipinski definition) is 11. The summed E-state index contributed by atoms with van der Waals surface area (Å²) in [5.74, 6) is -5.45. The van der Waals surface area contributed by atoms with Gasteiger partial charge in [0.1, 0.15) is 12.1 Å². The number of carbonyl (C=O) groups is 8. The van der Waals surface area contributed by atoms with Gasteiger partial charge in [-0.05, 0) is 38.1 Å². The molecule has 1 rings (SSSR count). The largest absolute Gasteiger partial charge is 0.368 e. The van der Waals surface area contributed by atoms with Crippen molar-refractivity contribution in [1.29, 1.82) is 0 Å². The third kappa shape index (κ3) is 17.1. The van der Waals surface area contributed by atoms with E-state index in [1.54, 1.807) is 0 Å². The molecule has 1 aliphatic carbocycles. The molecule has 0 aliphatic heterocycles. The predicted molar refractivity (Wildman–Crippen MR) is 169 cm³/mol. The van der Waals surface area contributed by atoms with Crippen LogP contribution in [0.1, 0.15) is 25.7 Å². The fourth-order valence-electron chi connectivity index (χ4n) is 3.78. The summed E-state index contributed by atoms with van der Waals surface area (Å²) in [4.78, 5) is 96.0. The Hall–Kier alpha value is -4.49. The van der Waals surface area contributed by atoms with Crippen LogP contribution in [0.5, 0.6) is 0 Å². The molecule has 0 saturated carbocycles. The number of unbranched alkanes of at least 4 members (excludes halogenated alkanes) is 1. The lowest BCUT2D eigenvalue weighted by Crippen LogP contribution is -2.53. The average molecular weight is 669 g/mol. The Balaban J connectivity index is 2.34. The molecule has 8 amide bonds. The Bertz CT molecular complexity index is 1150. The van der Waals surface area contributed by atoms with Crippen LogP contribution in [-0.4, -0.2) is 110 Å². The van der Waals surface area contributed by atoms with E-state index in [0.717, 1.165) is 0 Å². The minimum atomic E-state index is -1.00. The van der Waals surface area contributed by atoms with Gasteiger partial charge in [0.05, 0.1) is 38.8 Å². The molecule has 1 aliphatic rings. The first-order valence-corrected chi connectivity index (χ1v) is 15.1. The van der Waals surface area contributed by atoms with E-state index < -0.39 is 98.1 Å². The van der Waals surface area contributed by atoms with Gasteiger partial charge in [-0.25, -0.2) is 0 Å². The van der Waals surface area contributed by atoms with Gasteiger partial charge < -0.3 is 54.4 Å². The molecule has 0 aromatic heterocycles. The SMILES string of the molecule is NCCCC[C@H](NC(=O)[C@@H](N)CC1C=CC=C1)C(=O)NCC(=O)NCC(=O)NCC(=O)NCC(=O)NCC(=O)N[C@@H](CS)C(N)=O. The molecule has 0 aromatic carbocycles. The topological polar surface area (TPSA) is 299 Å². The van der Waals surface area contributed by atoms with Crippen LogP contribution in [0.2, 0.25) is 0 Å². The summed E-state index contributed by atoms with van der Waals surface area (Å²) in [6.07, 6.45) is 9.37. The van der Waals surface area contributed by atoms with Gasteiger partial charge in [-0.2, -0.15) is 12.6 Å². The van der Waals surface area contributed by atoms with Crippen LogP contribution < -0.4 is 54.4 Å². The summed E-state index contributed by atoms with van der Waals surface area (Å²) < 4.78 is 0. The quantitative estimate of drug-likeness (QED) is 0.0384. The average Bonchev–Trinajstić information content (AvgIpc) is 3.54. The Labute approximate surface area is 271 Å². The van der Waals surface area contributed by atoms with Crippen LogP contribution in [0.25, 0.3) is 0 Å². The molecule has 0 radical (unpaired) electrons. The van der Waals surface area contributed by atoms with E-state index in [1.165, 1.54) is 0 Å². The summed E-state index contributed by atoms with van der Waals surface area (Å²) in [5, 5.41) is 16.3. The maximum atomic E-state index is 12.7. The number of allylic oxidation sites excluding steroid dienone is 4. The summed E-state index contributed by atoms with van der Waals surface area (Å²) in [7, 11) is 0. The molecule has 0 unspecified atom stereocenters. The third-order valence-electron chi connectivity index (χ3n) is 6.34. The van der Waals surface area contributed by atoms with Gasteiger partial charge in [0.2, 0.25) is 47.3 Å². The van der Waals surface area contributed by atoms with E-state index in [4.69, 9.17) is 17.2 Å². The van der Waals surface area contributed by atoms with Crippen molar-refractivity contribution in [1.82, 2.24) is 37.2 Å². The molecule has 19 heteroatoms. The molecule has 0 heterocycles. The highest BCUT2D eigenvalue weighted by Crippen LogP contribution is 2.15. The normalized spacial score (nSPS) is 13.9. The van der Waals surface area contributed by atoms with Gasteiger partial charge in [0.15, 0.2) is 0 Å². The zero-order chi connectivity index (χ0) is 34.5. The molecule has 13 N–H and O–H groups in total. The summed E-state index contributed by atoms with van der Waals surface area (Å²) >= 11 is 3.88. The predicted octanol–water partition coefficient (Wildman–Crippen LogP) is -5.46. The zero-order valence-electron chi connectivity index (χ0n) is 25.3. The molecule has 3 atom stereocenters. The maximum Gasteiger partial charge on any atom is 0.243 e. The number of thiol groups is 1. The van der Waals surface area contributed by atoms with Crippen molar-refractivity contribution in [2.24, 2.45) is 23.1 Å². The van der Waals surface area contributed by atoms with Gasteiger partial charge in [-0.1, -0.05) is 24.3 Å². The fourth-order valence-corrected chi connectivity index (χ4v) is 4.06. The standard InChI is InChI=1S/C27H44N10O8S/c28-8-4-3-7-18(37-26(44)17(29)9-16-5-1-2-6-16)27(45)35-13-23(41)33-11-21(39)31-10-20(38)32-12-22(40)34-14-24(42)36-19(15-46)25(30)43/h1-2,5-6,16-19,46H,3-4,7-15,28-29H2,(H2,30,43)(H,31,39)(H,32,38)(H,33,41)(H,34,40)(H,35,45)(H,36,42)(H,37,44)/t17-,18-,19-/m0/s1. The van der Waals surface area contributed by atoms with Crippen molar-refractivity contribution in [3.8, 4) is 0 Å². The summed E-state index contributed by atoms with van der Waals surface area (Å²) in [6, 6.07) is -2.79. The van der Waals surface area contributed by atoms with Gasteiger partial charge >= 0.3 is 0 Å². The number of amides is 8. The maximum absolute atomic E-state index is 12.7.